The van der Waals surface area contributed by atoms with E-state index >= 15 is 0 Å². The van der Waals surface area contributed by atoms with Crippen LogP contribution in [-0.2, 0) is 0 Å². The number of hydrogen-bond donors (Lipinski definition) is 1. The van der Waals surface area contributed by atoms with Crippen LogP contribution in [0, 0.1) is 16.7 Å². The molecule has 2 fully saturated rings. The molecule has 0 saturated carbocycles. The topological polar surface area (TPSA) is 15.3 Å². The largest absolute Gasteiger partial charge is 0.316 e. The molecule has 0 unspecified atom stereocenters. The number of nitrogens with one attached hydrogen (secondary N) is 1. The van der Waals surface area contributed by atoms with Gasteiger partial charge in [-0.2, -0.15) is 0 Å². The normalized spacial score (nSPS) is 43.6. The molecular formula is C13H26N2. The average molecular weight is 210 g/mol. The van der Waals surface area contributed by atoms with Gasteiger partial charge >= 0.3 is 0 Å². The molecule has 0 radical (unpaired) electrons. The number of fused-ring (bicyclic) bond motifs is 1. The van der Waals surface area contributed by atoms with Crippen molar-refractivity contribution in [3.63, 3.8) is 0 Å². The maximum absolute atomic E-state index is 3.57. The van der Waals surface area contributed by atoms with E-state index in [0.717, 1.165) is 12.0 Å². The zero-order valence-corrected chi connectivity index (χ0v) is 10.9. The van der Waals surface area contributed by atoms with Gasteiger partial charge in [0.1, 0.15) is 0 Å². The summed E-state index contributed by atoms with van der Waals surface area (Å²) in [7, 11) is 0. The minimum atomic E-state index is 0.496. The van der Waals surface area contributed by atoms with E-state index < -0.39 is 0 Å². The third-order valence-electron chi connectivity index (χ3n) is 5.13. The SMILES string of the molecule is CC(C)[C@H](C)N1C[C@]2(C)CNC[C@@]2(C)C1. The van der Waals surface area contributed by atoms with Gasteiger partial charge in [-0.25, -0.2) is 0 Å². The van der Waals surface area contributed by atoms with Crippen molar-refractivity contribution >= 4 is 0 Å². The molecule has 2 heteroatoms. The van der Waals surface area contributed by atoms with Crippen molar-refractivity contribution in [3.05, 3.63) is 0 Å². The number of hydrogen-bond acceptors (Lipinski definition) is 2. The molecule has 0 bridgehead atoms. The van der Waals surface area contributed by atoms with Crippen LogP contribution in [0.15, 0.2) is 0 Å². The highest BCUT2D eigenvalue weighted by atomic mass is 15.2. The van der Waals surface area contributed by atoms with Crippen molar-refractivity contribution in [3.8, 4) is 0 Å². The molecule has 0 aliphatic carbocycles. The zero-order valence-electron chi connectivity index (χ0n) is 10.9. The lowest BCUT2D eigenvalue weighted by atomic mass is 9.71. The first-order chi connectivity index (χ1) is 6.88. The van der Waals surface area contributed by atoms with Gasteiger partial charge in [0.2, 0.25) is 0 Å². The van der Waals surface area contributed by atoms with Crippen LogP contribution in [-0.4, -0.2) is 37.1 Å². The van der Waals surface area contributed by atoms with Crippen LogP contribution in [0.1, 0.15) is 34.6 Å². The second-order valence-electron chi connectivity index (χ2n) is 6.61. The van der Waals surface area contributed by atoms with E-state index in [0.29, 0.717) is 10.8 Å². The molecular weight excluding hydrogens is 184 g/mol. The summed E-state index contributed by atoms with van der Waals surface area (Å²) in [5.74, 6) is 0.768. The first-order valence-electron chi connectivity index (χ1n) is 6.33. The molecule has 0 spiro atoms. The van der Waals surface area contributed by atoms with Crippen molar-refractivity contribution < 1.29 is 0 Å². The Balaban J connectivity index is 2.12. The lowest BCUT2D eigenvalue weighted by Crippen LogP contribution is -2.38. The van der Waals surface area contributed by atoms with Crippen LogP contribution in [0.25, 0.3) is 0 Å². The molecule has 2 aliphatic rings. The Kier molecular flexibility index (Phi) is 2.63. The summed E-state index contributed by atoms with van der Waals surface area (Å²) in [6.07, 6.45) is 0. The Labute approximate surface area is 94.4 Å². The maximum atomic E-state index is 3.57. The van der Waals surface area contributed by atoms with Gasteiger partial charge in [0.25, 0.3) is 0 Å². The lowest BCUT2D eigenvalue weighted by molar-refractivity contribution is 0.181. The van der Waals surface area contributed by atoms with Crippen molar-refractivity contribution in [2.24, 2.45) is 16.7 Å². The minimum Gasteiger partial charge on any atom is -0.316 e. The van der Waals surface area contributed by atoms with Crippen molar-refractivity contribution in [2.75, 3.05) is 26.2 Å². The molecule has 0 amide bonds. The minimum absolute atomic E-state index is 0.496. The summed E-state index contributed by atoms with van der Waals surface area (Å²) < 4.78 is 0. The number of likely N-dealkylation sites (tertiary alicyclic amines) is 1. The fourth-order valence-corrected chi connectivity index (χ4v) is 3.20. The smallest absolute Gasteiger partial charge is 0.00904 e. The Morgan fingerprint density at radius 2 is 1.47 bits per heavy atom. The molecule has 3 atom stereocenters. The molecule has 2 heterocycles. The summed E-state index contributed by atoms with van der Waals surface area (Å²) in [6.45, 7) is 16.9. The molecule has 1 N–H and O–H groups in total. The van der Waals surface area contributed by atoms with Crippen LogP contribution < -0.4 is 5.32 Å². The van der Waals surface area contributed by atoms with Crippen LogP contribution in [0.2, 0.25) is 0 Å². The highest BCUT2D eigenvalue weighted by Crippen LogP contribution is 2.49. The van der Waals surface area contributed by atoms with Gasteiger partial charge in [-0.3, -0.25) is 4.90 Å². The Morgan fingerprint density at radius 3 is 1.87 bits per heavy atom. The van der Waals surface area contributed by atoms with E-state index in [-0.39, 0.29) is 0 Å². The second-order valence-corrected chi connectivity index (χ2v) is 6.61. The van der Waals surface area contributed by atoms with E-state index in [4.69, 9.17) is 0 Å². The van der Waals surface area contributed by atoms with Crippen LogP contribution in [0.4, 0.5) is 0 Å². The zero-order chi connectivity index (χ0) is 11.3. The summed E-state index contributed by atoms with van der Waals surface area (Å²) in [4.78, 5) is 2.70. The van der Waals surface area contributed by atoms with Gasteiger partial charge < -0.3 is 5.32 Å². The second kappa shape index (κ2) is 3.46. The van der Waals surface area contributed by atoms with E-state index in [1.807, 2.05) is 0 Å². The first kappa shape index (κ1) is 11.4. The van der Waals surface area contributed by atoms with Gasteiger partial charge in [0, 0.05) is 43.1 Å². The third-order valence-corrected chi connectivity index (χ3v) is 5.13. The number of rotatable bonds is 2. The van der Waals surface area contributed by atoms with Crippen molar-refractivity contribution in [2.45, 2.75) is 40.7 Å². The summed E-state index contributed by atoms with van der Waals surface area (Å²) in [5.41, 5.74) is 0.992. The first-order valence-corrected chi connectivity index (χ1v) is 6.33. The molecule has 2 rings (SSSR count). The standard InChI is InChI=1S/C13H26N2/c1-10(2)11(3)15-8-12(4)6-14-7-13(12,5)9-15/h10-11,14H,6-9H2,1-5H3/t11-,12-,13-/m0/s1. The van der Waals surface area contributed by atoms with E-state index in [2.05, 4.69) is 44.8 Å². The fraction of sp³-hybridized carbons (Fsp3) is 1.00. The van der Waals surface area contributed by atoms with Crippen LogP contribution in [0.3, 0.4) is 0 Å². The molecule has 2 saturated heterocycles. The summed E-state index contributed by atoms with van der Waals surface area (Å²) >= 11 is 0. The van der Waals surface area contributed by atoms with Crippen LogP contribution in [0.5, 0.6) is 0 Å². The molecule has 2 aliphatic heterocycles. The lowest BCUT2D eigenvalue weighted by Gasteiger charge is -2.31. The third kappa shape index (κ3) is 1.62. The fourth-order valence-electron chi connectivity index (χ4n) is 3.20. The molecule has 88 valence electrons. The predicted octanol–water partition coefficient (Wildman–Crippen LogP) is 1.96. The Hall–Kier alpha value is -0.0800. The van der Waals surface area contributed by atoms with Crippen molar-refractivity contribution in [1.29, 1.82) is 0 Å². The highest BCUT2D eigenvalue weighted by Gasteiger charge is 2.55. The van der Waals surface area contributed by atoms with Crippen molar-refractivity contribution in [1.82, 2.24) is 10.2 Å². The molecule has 0 aromatic rings. The van der Waals surface area contributed by atoms with Crippen LogP contribution >= 0.6 is 0 Å². The van der Waals surface area contributed by atoms with E-state index in [9.17, 15) is 0 Å². The monoisotopic (exact) mass is 210 g/mol. The molecule has 0 aromatic carbocycles. The van der Waals surface area contributed by atoms with Gasteiger partial charge in [-0.15, -0.1) is 0 Å². The van der Waals surface area contributed by atoms with Gasteiger partial charge in [-0.05, 0) is 12.8 Å². The Bertz CT molecular complexity index is 233. The molecule has 2 nitrogen and oxygen atoms in total. The summed E-state index contributed by atoms with van der Waals surface area (Å²) in [5, 5.41) is 3.57. The van der Waals surface area contributed by atoms with E-state index in [1.54, 1.807) is 0 Å². The van der Waals surface area contributed by atoms with E-state index in [1.165, 1.54) is 26.2 Å². The number of nitrogens with zero attached hydrogens (tertiary/aromatic N) is 1. The average Bonchev–Trinajstić information content (AvgIpc) is 2.52. The van der Waals surface area contributed by atoms with Gasteiger partial charge in [0.15, 0.2) is 0 Å². The molecule has 0 aromatic heterocycles. The quantitative estimate of drug-likeness (QED) is 0.749. The highest BCUT2D eigenvalue weighted by molar-refractivity contribution is 5.09. The summed E-state index contributed by atoms with van der Waals surface area (Å²) in [6, 6.07) is 0.726. The Morgan fingerprint density at radius 1 is 1.00 bits per heavy atom. The maximum Gasteiger partial charge on any atom is 0.00904 e. The van der Waals surface area contributed by atoms with Gasteiger partial charge in [0.05, 0.1) is 0 Å². The van der Waals surface area contributed by atoms with Gasteiger partial charge in [-0.1, -0.05) is 27.7 Å². The molecule has 15 heavy (non-hydrogen) atoms. The predicted molar refractivity (Wildman–Crippen MR) is 65.0 cm³/mol.